The van der Waals surface area contributed by atoms with Gasteiger partial charge in [0.2, 0.25) is 5.95 Å². The molecule has 5 heterocycles. The SMILES string of the molecule is CN1C2CCC1CN(c1ncc(Oc3nc(-c4cc(Cl)cc(Cl)c4)cc(CN4CCC(CC(=O)O)CC4)c3F)cn1)C2. The predicted molar refractivity (Wildman–Crippen MR) is 159 cm³/mol. The largest absolute Gasteiger partial charge is 0.481 e. The summed E-state index contributed by atoms with van der Waals surface area (Å²) in [4.78, 5) is 31.4. The summed E-state index contributed by atoms with van der Waals surface area (Å²) in [6, 6.07) is 7.77. The number of aromatic nitrogens is 3. The highest BCUT2D eigenvalue weighted by atomic mass is 35.5. The molecule has 0 aliphatic carbocycles. The molecular weight excluding hydrogens is 582 g/mol. The molecule has 3 fully saturated rings. The number of fused-ring (bicyclic) bond motifs is 2. The molecule has 12 heteroatoms. The number of hydrogen-bond acceptors (Lipinski definition) is 8. The first-order valence-corrected chi connectivity index (χ1v) is 15.0. The molecule has 0 amide bonds. The maximum absolute atomic E-state index is 15.9. The van der Waals surface area contributed by atoms with Crippen molar-refractivity contribution in [1.29, 1.82) is 0 Å². The summed E-state index contributed by atoms with van der Waals surface area (Å²) in [5, 5.41) is 10.0. The highest BCUT2D eigenvalue weighted by Crippen LogP contribution is 2.34. The van der Waals surface area contributed by atoms with E-state index >= 15 is 4.39 Å². The molecule has 1 N–H and O–H groups in total. The molecule has 3 saturated heterocycles. The van der Waals surface area contributed by atoms with Gasteiger partial charge in [-0.1, -0.05) is 23.2 Å². The minimum Gasteiger partial charge on any atom is -0.481 e. The molecule has 0 spiro atoms. The predicted octanol–water partition coefficient (Wildman–Crippen LogP) is 5.75. The lowest BCUT2D eigenvalue weighted by atomic mass is 9.93. The van der Waals surface area contributed by atoms with E-state index in [1.54, 1.807) is 36.7 Å². The second-order valence-corrected chi connectivity index (χ2v) is 12.4. The molecule has 0 saturated carbocycles. The van der Waals surface area contributed by atoms with E-state index in [-0.39, 0.29) is 24.0 Å². The molecule has 2 bridgehead atoms. The standard InChI is InChI=1S/C30H33Cl2FN6O3/c1-37-23-2-3-24(37)17-39(16-23)30-34-13-25(14-35-30)42-29-28(33)20(15-38-6-4-18(5-7-38)8-27(40)41)11-26(36-29)19-9-21(31)12-22(32)10-19/h9-14,18,23-24H,2-8,15-17H2,1H3,(H,40,41). The second kappa shape index (κ2) is 12.3. The number of anilines is 1. The van der Waals surface area contributed by atoms with E-state index < -0.39 is 11.8 Å². The van der Waals surface area contributed by atoms with Crippen molar-refractivity contribution in [3.05, 3.63) is 58.1 Å². The van der Waals surface area contributed by atoms with Crippen molar-refractivity contribution >= 4 is 35.1 Å². The van der Waals surface area contributed by atoms with Crippen LogP contribution in [-0.2, 0) is 11.3 Å². The zero-order valence-electron chi connectivity index (χ0n) is 23.3. The number of rotatable bonds is 8. The van der Waals surface area contributed by atoms with E-state index in [0.29, 0.717) is 64.5 Å². The molecule has 3 aliphatic heterocycles. The number of nitrogens with zero attached hydrogens (tertiary/aromatic N) is 6. The smallest absolute Gasteiger partial charge is 0.303 e. The number of carbonyl (C=O) groups is 1. The number of hydrogen-bond donors (Lipinski definition) is 1. The molecule has 1 aromatic carbocycles. The van der Waals surface area contributed by atoms with Crippen LogP contribution in [0.2, 0.25) is 10.0 Å². The van der Waals surface area contributed by atoms with Crippen LogP contribution in [0.25, 0.3) is 11.3 Å². The molecule has 3 aliphatic rings. The van der Waals surface area contributed by atoms with Gasteiger partial charge in [-0.3, -0.25) is 14.6 Å². The van der Waals surface area contributed by atoms with Gasteiger partial charge in [0.25, 0.3) is 5.88 Å². The van der Waals surface area contributed by atoms with Crippen LogP contribution in [0.3, 0.4) is 0 Å². The Balaban J connectivity index is 1.24. The lowest BCUT2D eigenvalue weighted by molar-refractivity contribution is -0.138. The summed E-state index contributed by atoms with van der Waals surface area (Å²) in [6.07, 6.45) is 7.13. The van der Waals surface area contributed by atoms with Gasteiger partial charge in [-0.25, -0.2) is 19.3 Å². The van der Waals surface area contributed by atoms with Crippen molar-refractivity contribution in [2.45, 2.75) is 50.7 Å². The number of benzene rings is 1. The van der Waals surface area contributed by atoms with Gasteiger partial charge in [0.05, 0.1) is 18.1 Å². The first kappa shape index (κ1) is 29.0. The quantitative estimate of drug-likeness (QED) is 0.340. The average Bonchev–Trinajstić information content (AvgIpc) is 3.14. The van der Waals surface area contributed by atoms with Gasteiger partial charge in [0.1, 0.15) is 0 Å². The zero-order valence-corrected chi connectivity index (χ0v) is 24.9. The molecule has 2 unspecified atom stereocenters. The normalized spacial score (nSPS) is 21.6. The molecular formula is C30H33Cl2FN6O3. The number of piperidine rings is 1. The first-order chi connectivity index (χ1) is 20.2. The Morgan fingerprint density at radius 1 is 1.02 bits per heavy atom. The minimum atomic E-state index is -0.784. The number of halogens is 3. The second-order valence-electron chi connectivity index (χ2n) is 11.5. The third-order valence-corrected chi connectivity index (χ3v) is 9.12. The summed E-state index contributed by atoms with van der Waals surface area (Å²) in [7, 11) is 2.18. The number of piperazine rings is 1. The van der Waals surface area contributed by atoms with Crippen LogP contribution in [-0.4, -0.2) is 81.1 Å². The summed E-state index contributed by atoms with van der Waals surface area (Å²) >= 11 is 12.5. The molecule has 9 nitrogen and oxygen atoms in total. The Morgan fingerprint density at radius 2 is 1.67 bits per heavy atom. The van der Waals surface area contributed by atoms with Gasteiger partial charge in [-0.05, 0) is 76.0 Å². The number of likely N-dealkylation sites (N-methyl/N-ethyl adjacent to an activating group) is 1. The molecule has 222 valence electrons. The summed E-state index contributed by atoms with van der Waals surface area (Å²) in [5.74, 6) is -0.493. The van der Waals surface area contributed by atoms with Crippen LogP contribution >= 0.6 is 23.2 Å². The van der Waals surface area contributed by atoms with Gasteiger partial charge in [0, 0.05) is 59.3 Å². The Kier molecular flexibility index (Phi) is 8.49. The van der Waals surface area contributed by atoms with Crippen LogP contribution in [0.4, 0.5) is 10.3 Å². The van der Waals surface area contributed by atoms with Crippen molar-refractivity contribution in [3.63, 3.8) is 0 Å². The van der Waals surface area contributed by atoms with Crippen molar-refractivity contribution in [2.75, 3.05) is 38.1 Å². The van der Waals surface area contributed by atoms with Crippen LogP contribution in [0.5, 0.6) is 11.6 Å². The number of aliphatic carboxylic acids is 1. The van der Waals surface area contributed by atoms with E-state index in [1.807, 2.05) is 0 Å². The number of ether oxygens (including phenoxy) is 1. The van der Waals surface area contributed by atoms with Crippen molar-refractivity contribution in [1.82, 2.24) is 24.8 Å². The number of carboxylic acid groups (broad SMARTS) is 1. The lowest BCUT2D eigenvalue weighted by Gasteiger charge is -2.38. The first-order valence-electron chi connectivity index (χ1n) is 14.3. The van der Waals surface area contributed by atoms with Gasteiger partial charge >= 0.3 is 5.97 Å². The molecule has 0 radical (unpaired) electrons. The number of pyridine rings is 1. The van der Waals surface area contributed by atoms with Crippen molar-refractivity contribution in [3.8, 4) is 22.9 Å². The van der Waals surface area contributed by atoms with Crippen LogP contribution in [0.15, 0.2) is 36.7 Å². The van der Waals surface area contributed by atoms with E-state index in [0.717, 1.165) is 25.9 Å². The van der Waals surface area contributed by atoms with Gasteiger partial charge in [0.15, 0.2) is 11.6 Å². The third-order valence-electron chi connectivity index (χ3n) is 8.68. The van der Waals surface area contributed by atoms with Crippen LogP contribution < -0.4 is 9.64 Å². The molecule has 42 heavy (non-hydrogen) atoms. The van der Waals surface area contributed by atoms with Crippen LogP contribution in [0, 0.1) is 11.7 Å². The fourth-order valence-corrected chi connectivity index (χ4v) is 6.87. The summed E-state index contributed by atoms with van der Waals surface area (Å²) < 4.78 is 21.9. The molecule has 2 atom stereocenters. The average molecular weight is 616 g/mol. The van der Waals surface area contributed by atoms with E-state index in [1.165, 1.54) is 12.8 Å². The number of carboxylic acids is 1. The number of likely N-dealkylation sites (tertiary alicyclic amines) is 1. The minimum absolute atomic E-state index is 0.132. The van der Waals surface area contributed by atoms with Crippen LogP contribution in [0.1, 0.15) is 37.7 Å². The highest BCUT2D eigenvalue weighted by molar-refractivity contribution is 6.35. The van der Waals surface area contributed by atoms with E-state index in [9.17, 15) is 4.79 Å². The van der Waals surface area contributed by atoms with E-state index in [4.69, 9.17) is 33.0 Å². The fraction of sp³-hybridized carbons (Fsp3) is 0.467. The Labute approximate surface area is 254 Å². The van der Waals surface area contributed by atoms with Crippen molar-refractivity contribution < 1.29 is 19.0 Å². The fourth-order valence-electron chi connectivity index (χ4n) is 6.34. The molecule has 3 aromatic rings. The highest BCUT2D eigenvalue weighted by Gasteiger charge is 2.38. The molecule has 6 rings (SSSR count). The summed E-state index contributed by atoms with van der Waals surface area (Å²) in [5.41, 5.74) is 1.51. The van der Waals surface area contributed by atoms with Crippen molar-refractivity contribution in [2.24, 2.45) is 5.92 Å². The van der Waals surface area contributed by atoms with Gasteiger partial charge in [-0.15, -0.1) is 0 Å². The maximum atomic E-state index is 15.9. The maximum Gasteiger partial charge on any atom is 0.303 e. The monoisotopic (exact) mass is 614 g/mol. The Bertz CT molecular complexity index is 1420. The third kappa shape index (κ3) is 6.46. The van der Waals surface area contributed by atoms with Gasteiger partial charge in [-0.2, -0.15) is 0 Å². The van der Waals surface area contributed by atoms with E-state index in [2.05, 4.69) is 36.7 Å². The molecule has 2 aromatic heterocycles. The Hall–Kier alpha value is -3.05. The topological polar surface area (TPSA) is 94.9 Å². The summed E-state index contributed by atoms with van der Waals surface area (Å²) in [6.45, 7) is 3.44. The Morgan fingerprint density at radius 3 is 2.29 bits per heavy atom. The zero-order chi connectivity index (χ0) is 29.4. The van der Waals surface area contributed by atoms with Gasteiger partial charge < -0.3 is 14.7 Å². The lowest BCUT2D eigenvalue weighted by Crippen LogP contribution is -2.52.